The number of likely N-dealkylation sites (tertiary alicyclic amines) is 1. The number of aromatic nitrogens is 1. The predicted octanol–water partition coefficient (Wildman–Crippen LogP) is 3.19. The zero-order valence-corrected chi connectivity index (χ0v) is 15.0. The molecule has 2 heterocycles. The van der Waals surface area contributed by atoms with E-state index >= 15 is 0 Å². The summed E-state index contributed by atoms with van der Waals surface area (Å²) >= 11 is 3.40. The zero-order valence-electron chi connectivity index (χ0n) is 13.4. The van der Waals surface area contributed by atoms with Crippen LogP contribution in [0.15, 0.2) is 22.9 Å². The van der Waals surface area contributed by atoms with E-state index in [-0.39, 0.29) is 6.09 Å². The molecule has 1 N–H and O–H groups in total. The molecule has 6 heteroatoms. The van der Waals surface area contributed by atoms with Crippen LogP contribution < -0.4 is 5.32 Å². The molecule has 1 aromatic rings. The number of alkyl carbamates (subject to hydrolysis) is 1. The van der Waals surface area contributed by atoms with Crippen LogP contribution in [0.4, 0.5) is 4.79 Å². The van der Waals surface area contributed by atoms with Gasteiger partial charge in [0.25, 0.3) is 0 Å². The van der Waals surface area contributed by atoms with E-state index in [1.165, 1.54) is 5.56 Å². The Morgan fingerprint density at radius 1 is 1.55 bits per heavy atom. The van der Waals surface area contributed by atoms with Crippen LogP contribution in [0.1, 0.15) is 32.8 Å². The molecule has 0 radical (unpaired) electrons. The lowest BCUT2D eigenvalue weighted by Crippen LogP contribution is -2.35. The molecule has 0 aromatic carbocycles. The van der Waals surface area contributed by atoms with Crippen molar-refractivity contribution in [3.05, 3.63) is 28.5 Å². The standard InChI is InChI=1S/C16H24BrN3O2/c1-16(2,3)22-15(21)19-9-13-5-7-20(11-13)10-12-4-6-18-14(17)8-12/h4,6,8,13H,5,7,9-11H2,1-3H3,(H,19,21). The van der Waals surface area contributed by atoms with E-state index < -0.39 is 5.60 Å². The van der Waals surface area contributed by atoms with Crippen molar-refractivity contribution in [2.45, 2.75) is 39.3 Å². The average molecular weight is 370 g/mol. The van der Waals surface area contributed by atoms with Gasteiger partial charge in [0.15, 0.2) is 0 Å². The van der Waals surface area contributed by atoms with Crippen LogP contribution >= 0.6 is 15.9 Å². The van der Waals surface area contributed by atoms with Crippen molar-refractivity contribution in [3.63, 3.8) is 0 Å². The second-order valence-electron chi connectivity index (χ2n) is 6.76. The molecule has 2 rings (SSSR count). The maximum absolute atomic E-state index is 11.7. The molecule has 1 saturated heterocycles. The lowest BCUT2D eigenvalue weighted by atomic mass is 10.1. The van der Waals surface area contributed by atoms with Gasteiger partial charge in [0.1, 0.15) is 10.2 Å². The van der Waals surface area contributed by atoms with Gasteiger partial charge in [-0.1, -0.05) is 0 Å². The lowest BCUT2D eigenvalue weighted by molar-refractivity contribution is 0.0519. The van der Waals surface area contributed by atoms with Gasteiger partial charge in [-0.2, -0.15) is 0 Å². The van der Waals surface area contributed by atoms with E-state index in [0.717, 1.165) is 30.7 Å². The fourth-order valence-corrected chi connectivity index (χ4v) is 2.98. The van der Waals surface area contributed by atoms with Crippen molar-refractivity contribution in [2.75, 3.05) is 19.6 Å². The second-order valence-corrected chi connectivity index (χ2v) is 7.57. The summed E-state index contributed by atoms with van der Waals surface area (Å²) in [5.41, 5.74) is 0.809. The van der Waals surface area contributed by atoms with Gasteiger partial charge >= 0.3 is 6.09 Å². The van der Waals surface area contributed by atoms with Gasteiger partial charge in [0.05, 0.1) is 0 Å². The lowest BCUT2D eigenvalue weighted by Gasteiger charge is -2.21. The summed E-state index contributed by atoms with van der Waals surface area (Å²) in [5.74, 6) is 0.484. The van der Waals surface area contributed by atoms with Crippen molar-refractivity contribution in [3.8, 4) is 0 Å². The molecule has 1 atom stereocenters. The first-order valence-electron chi connectivity index (χ1n) is 7.61. The molecule has 0 bridgehead atoms. The van der Waals surface area contributed by atoms with Gasteiger partial charge in [0, 0.05) is 25.8 Å². The summed E-state index contributed by atoms with van der Waals surface area (Å²) in [6.45, 7) is 9.26. The fourth-order valence-electron chi connectivity index (χ4n) is 2.56. The van der Waals surface area contributed by atoms with E-state index in [2.05, 4.69) is 31.1 Å². The number of rotatable bonds is 4. The Morgan fingerprint density at radius 2 is 2.32 bits per heavy atom. The number of halogens is 1. The molecule has 1 fully saturated rings. The predicted molar refractivity (Wildman–Crippen MR) is 89.6 cm³/mol. The Balaban J connectivity index is 1.73. The van der Waals surface area contributed by atoms with Gasteiger partial charge in [-0.15, -0.1) is 0 Å². The minimum atomic E-state index is -0.444. The minimum absolute atomic E-state index is 0.330. The van der Waals surface area contributed by atoms with Crippen LogP contribution in [0.2, 0.25) is 0 Å². The number of carbonyl (C=O) groups is 1. The van der Waals surface area contributed by atoms with E-state index in [1.807, 2.05) is 39.1 Å². The van der Waals surface area contributed by atoms with E-state index in [0.29, 0.717) is 12.5 Å². The number of nitrogens with zero attached hydrogens (tertiary/aromatic N) is 2. The van der Waals surface area contributed by atoms with E-state index in [4.69, 9.17) is 4.74 Å². The molecule has 1 amide bonds. The Labute approximate surface area is 140 Å². The van der Waals surface area contributed by atoms with Crippen LogP contribution in [0.25, 0.3) is 0 Å². The smallest absolute Gasteiger partial charge is 0.407 e. The number of hydrogen-bond donors (Lipinski definition) is 1. The molecule has 1 unspecified atom stereocenters. The number of carbonyl (C=O) groups excluding carboxylic acids is 1. The van der Waals surface area contributed by atoms with Gasteiger partial charge < -0.3 is 10.1 Å². The first-order valence-corrected chi connectivity index (χ1v) is 8.41. The van der Waals surface area contributed by atoms with Crippen LogP contribution in [0.5, 0.6) is 0 Å². The van der Waals surface area contributed by atoms with Crippen LogP contribution in [0, 0.1) is 5.92 Å². The van der Waals surface area contributed by atoms with Crippen LogP contribution in [0.3, 0.4) is 0 Å². The first kappa shape index (κ1) is 17.2. The van der Waals surface area contributed by atoms with Gasteiger partial charge in [-0.25, -0.2) is 9.78 Å². The van der Waals surface area contributed by atoms with Crippen molar-refractivity contribution in [1.82, 2.24) is 15.2 Å². The molecular formula is C16H24BrN3O2. The third-order valence-electron chi connectivity index (χ3n) is 3.50. The molecular weight excluding hydrogens is 346 g/mol. The summed E-state index contributed by atoms with van der Waals surface area (Å²) in [4.78, 5) is 18.2. The highest BCUT2D eigenvalue weighted by Crippen LogP contribution is 2.19. The molecule has 22 heavy (non-hydrogen) atoms. The molecule has 0 aliphatic carbocycles. The summed E-state index contributed by atoms with van der Waals surface area (Å²) in [6.07, 6.45) is 2.59. The summed E-state index contributed by atoms with van der Waals surface area (Å²) < 4.78 is 6.13. The van der Waals surface area contributed by atoms with Gasteiger partial charge in [-0.3, -0.25) is 4.90 Å². The number of ether oxygens (including phenoxy) is 1. The SMILES string of the molecule is CC(C)(C)OC(=O)NCC1CCN(Cc2ccnc(Br)c2)C1. The summed E-state index contributed by atoms with van der Waals surface area (Å²) in [5, 5.41) is 2.87. The van der Waals surface area contributed by atoms with Crippen molar-refractivity contribution in [2.24, 2.45) is 5.92 Å². The number of pyridine rings is 1. The third kappa shape index (κ3) is 5.93. The highest BCUT2D eigenvalue weighted by atomic mass is 79.9. The third-order valence-corrected chi connectivity index (χ3v) is 3.93. The monoisotopic (exact) mass is 369 g/mol. The molecule has 1 aromatic heterocycles. The largest absolute Gasteiger partial charge is 0.444 e. The first-order chi connectivity index (χ1) is 10.3. The van der Waals surface area contributed by atoms with Crippen LogP contribution in [-0.4, -0.2) is 41.2 Å². The van der Waals surface area contributed by atoms with E-state index in [1.54, 1.807) is 0 Å². The quantitative estimate of drug-likeness (QED) is 0.828. The average Bonchev–Trinajstić information content (AvgIpc) is 2.82. The zero-order chi connectivity index (χ0) is 16.2. The fraction of sp³-hybridized carbons (Fsp3) is 0.625. The highest BCUT2D eigenvalue weighted by molar-refractivity contribution is 9.10. The summed E-state index contributed by atoms with van der Waals surface area (Å²) in [7, 11) is 0. The molecule has 0 saturated carbocycles. The topological polar surface area (TPSA) is 54.5 Å². The summed E-state index contributed by atoms with van der Waals surface area (Å²) in [6, 6.07) is 4.09. The van der Waals surface area contributed by atoms with Crippen molar-refractivity contribution < 1.29 is 9.53 Å². The Morgan fingerprint density at radius 3 is 3.00 bits per heavy atom. The van der Waals surface area contributed by atoms with Crippen molar-refractivity contribution in [1.29, 1.82) is 0 Å². The maximum atomic E-state index is 11.7. The molecule has 122 valence electrons. The molecule has 0 spiro atoms. The highest BCUT2D eigenvalue weighted by Gasteiger charge is 2.24. The van der Waals surface area contributed by atoms with Crippen molar-refractivity contribution >= 4 is 22.0 Å². The molecule has 1 aliphatic heterocycles. The van der Waals surface area contributed by atoms with Gasteiger partial charge in [-0.05, 0) is 73.3 Å². The van der Waals surface area contributed by atoms with Gasteiger partial charge in [0.2, 0.25) is 0 Å². The molecule has 1 aliphatic rings. The normalized spacial score (nSPS) is 19.2. The number of nitrogens with one attached hydrogen (secondary N) is 1. The Hall–Kier alpha value is -1.14. The number of amides is 1. The Bertz CT molecular complexity index is 516. The number of hydrogen-bond acceptors (Lipinski definition) is 4. The Kier molecular flexibility index (Phi) is 5.81. The minimum Gasteiger partial charge on any atom is -0.444 e. The molecule has 5 nitrogen and oxygen atoms in total. The maximum Gasteiger partial charge on any atom is 0.407 e. The van der Waals surface area contributed by atoms with E-state index in [9.17, 15) is 4.79 Å². The second kappa shape index (κ2) is 7.42. The van der Waals surface area contributed by atoms with Crippen LogP contribution in [-0.2, 0) is 11.3 Å².